The Labute approximate surface area is 94.9 Å². The second-order valence-corrected chi connectivity index (χ2v) is 3.86. The van der Waals surface area contributed by atoms with Crippen molar-refractivity contribution in [1.29, 1.82) is 0 Å². The molecule has 1 N–H and O–H groups in total. The highest BCUT2D eigenvalue weighted by Crippen LogP contribution is 2.17. The average molecular weight is 227 g/mol. The molecule has 1 rings (SSSR count). The molecule has 0 spiro atoms. The van der Waals surface area contributed by atoms with Gasteiger partial charge in [0.05, 0.1) is 11.9 Å². The fraction of sp³-hybridized carbons (Fsp3) is 0.455. The molecule has 3 nitrogen and oxygen atoms in total. The van der Waals surface area contributed by atoms with Crippen LogP contribution in [0.25, 0.3) is 0 Å². The smallest absolute Gasteiger partial charge is 0.224 e. The summed E-state index contributed by atoms with van der Waals surface area (Å²) >= 11 is 5.71. The maximum Gasteiger partial charge on any atom is 0.224 e. The highest BCUT2D eigenvalue weighted by molar-refractivity contribution is 6.29. The fourth-order valence-corrected chi connectivity index (χ4v) is 1.42. The Morgan fingerprint density at radius 3 is 2.93 bits per heavy atom. The molecule has 1 amide bonds. The van der Waals surface area contributed by atoms with Crippen molar-refractivity contribution in [2.24, 2.45) is 0 Å². The van der Waals surface area contributed by atoms with Crippen molar-refractivity contribution in [1.82, 2.24) is 4.98 Å². The topological polar surface area (TPSA) is 42.0 Å². The van der Waals surface area contributed by atoms with Crippen molar-refractivity contribution in [3.05, 3.63) is 23.0 Å². The van der Waals surface area contributed by atoms with Crippen LogP contribution in [0, 0.1) is 6.92 Å². The molecule has 4 heteroatoms. The molecule has 1 aromatic heterocycles. The first-order valence-electron chi connectivity index (χ1n) is 5.05. The number of nitrogens with one attached hydrogen (secondary N) is 1. The Balaban J connectivity index is 2.60. The van der Waals surface area contributed by atoms with E-state index in [0.29, 0.717) is 11.6 Å². The third kappa shape index (κ3) is 3.88. The van der Waals surface area contributed by atoms with Crippen molar-refractivity contribution in [2.75, 3.05) is 5.32 Å². The SMILES string of the molecule is CCCCC(=O)Nc1cnc(Cl)cc1C. The van der Waals surface area contributed by atoms with Gasteiger partial charge >= 0.3 is 0 Å². The van der Waals surface area contributed by atoms with Gasteiger partial charge in [-0.3, -0.25) is 4.79 Å². The molecule has 0 saturated heterocycles. The van der Waals surface area contributed by atoms with Gasteiger partial charge in [0.15, 0.2) is 0 Å². The molecule has 0 aromatic carbocycles. The molecule has 0 saturated carbocycles. The van der Waals surface area contributed by atoms with E-state index in [9.17, 15) is 4.79 Å². The first-order chi connectivity index (χ1) is 7.13. The Bertz CT molecular complexity index is 352. The minimum absolute atomic E-state index is 0.0315. The lowest BCUT2D eigenvalue weighted by molar-refractivity contribution is -0.116. The number of carbonyl (C=O) groups is 1. The van der Waals surface area contributed by atoms with Crippen molar-refractivity contribution in [3.63, 3.8) is 0 Å². The molecule has 0 unspecified atom stereocenters. The van der Waals surface area contributed by atoms with E-state index in [1.54, 1.807) is 12.3 Å². The number of aryl methyl sites for hydroxylation is 1. The molecule has 0 radical (unpaired) electrons. The molecule has 0 bridgehead atoms. The summed E-state index contributed by atoms with van der Waals surface area (Å²) in [6.07, 6.45) is 4.07. The Hall–Kier alpha value is -1.09. The van der Waals surface area contributed by atoms with E-state index in [1.165, 1.54) is 0 Å². The largest absolute Gasteiger partial charge is 0.325 e. The number of pyridine rings is 1. The van der Waals surface area contributed by atoms with Crippen LogP contribution < -0.4 is 5.32 Å². The van der Waals surface area contributed by atoms with Crippen LogP contribution in [0.15, 0.2) is 12.3 Å². The van der Waals surface area contributed by atoms with Crippen molar-refractivity contribution in [2.45, 2.75) is 33.1 Å². The second kappa shape index (κ2) is 5.71. The van der Waals surface area contributed by atoms with Crippen LogP contribution in [-0.2, 0) is 4.79 Å². The van der Waals surface area contributed by atoms with Crippen LogP contribution in [-0.4, -0.2) is 10.9 Å². The number of nitrogens with zero attached hydrogens (tertiary/aromatic N) is 1. The zero-order valence-electron chi connectivity index (χ0n) is 9.01. The van der Waals surface area contributed by atoms with Gasteiger partial charge in [-0.05, 0) is 25.0 Å². The van der Waals surface area contributed by atoms with Crippen LogP contribution >= 0.6 is 11.6 Å². The monoisotopic (exact) mass is 226 g/mol. The summed E-state index contributed by atoms with van der Waals surface area (Å²) < 4.78 is 0. The van der Waals surface area contributed by atoms with Gasteiger partial charge in [0, 0.05) is 6.42 Å². The van der Waals surface area contributed by atoms with Gasteiger partial charge in [0.1, 0.15) is 5.15 Å². The first-order valence-corrected chi connectivity index (χ1v) is 5.43. The predicted octanol–water partition coefficient (Wildman–Crippen LogP) is 3.17. The number of hydrogen-bond acceptors (Lipinski definition) is 2. The number of rotatable bonds is 4. The number of unbranched alkanes of at least 4 members (excludes halogenated alkanes) is 1. The quantitative estimate of drug-likeness (QED) is 0.802. The normalized spacial score (nSPS) is 10.1. The fourth-order valence-electron chi connectivity index (χ4n) is 1.20. The van der Waals surface area contributed by atoms with Crippen LogP contribution in [0.4, 0.5) is 5.69 Å². The molecule has 15 heavy (non-hydrogen) atoms. The minimum Gasteiger partial charge on any atom is -0.325 e. The zero-order chi connectivity index (χ0) is 11.3. The van der Waals surface area contributed by atoms with Crippen molar-refractivity contribution >= 4 is 23.2 Å². The molecular weight excluding hydrogens is 212 g/mol. The summed E-state index contributed by atoms with van der Waals surface area (Å²) in [6.45, 7) is 3.95. The molecule has 0 atom stereocenters. The standard InChI is InChI=1S/C11H15ClN2O/c1-3-4-5-11(15)14-9-7-13-10(12)6-8(9)2/h6-7H,3-5H2,1-2H3,(H,14,15). The summed E-state index contributed by atoms with van der Waals surface area (Å²) in [4.78, 5) is 15.4. The maximum absolute atomic E-state index is 11.4. The second-order valence-electron chi connectivity index (χ2n) is 3.47. The van der Waals surface area contributed by atoms with Gasteiger partial charge in [-0.2, -0.15) is 0 Å². The van der Waals surface area contributed by atoms with Crippen LogP contribution in [0.3, 0.4) is 0 Å². The van der Waals surface area contributed by atoms with E-state index >= 15 is 0 Å². The lowest BCUT2D eigenvalue weighted by Gasteiger charge is -2.07. The third-order valence-corrected chi connectivity index (χ3v) is 2.32. The number of anilines is 1. The summed E-state index contributed by atoms with van der Waals surface area (Å²) in [7, 11) is 0. The van der Waals surface area contributed by atoms with Gasteiger partial charge < -0.3 is 5.32 Å². The highest BCUT2D eigenvalue weighted by Gasteiger charge is 2.04. The van der Waals surface area contributed by atoms with E-state index < -0.39 is 0 Å². The number of aromatic nitrogens is 1. The number of carbonyl (C=O) groups excluding carboxylic acids is 1. The summed E-state index contributed by atoms with van der Waals surface area (Å²) in [5.74, 6) is 0.0315. The predicted molar refractivity (Wildman–Crippen MR) is 62.1 cm³/mol. The molecule has 0 aliphatic rings. The minimum atomic E-state index is 0.0315. The van der Waals surface area contributed by atoms with Gasteiger partial charge in [-0.25, -0.2) is 4.98 Å². The van der Waals surface area contributed by atoms with Crippen molar-refractivity contribution in [3.8, 4) is 0 Å². The Kier molecular flexibility index (Phi) is 4.56. The van der Waals surface area contributed by atoms with E-state index in [-0.39, 0.29) is 5.91 Å². The Morgan fingerprint density at radius 1 is 1.60 bits per heavy atom. The van der Waals surface area contributed by atoms with Crippen molar-refractivity contribution < 1.29 is 4.79 Å². The summed E-state index contributed by atoms with van der Waals surface area (Å²) in [6, 6.07) is 1.73. The van der Waals surface area contributed by atoms with E-state index in [2.05, 4.69) is 17.2 Å². The molecule has 0 aliphatic carbocycles. The summed E-state index contributed by atoms with van der Waals surface area (Å²) in [5, 5.41) is 3.26. The Morgan fingerprint density at radius 2 is 2.33 bits per heavy atom. The van der Waals surface area contributed by atoms with E-state index in [1.807, 2.05) is 6.92 Å². The van der Waals surface area contributed by atoms with Gasteiger partial charge in [0.2, 0.25) is 5.91 Å². The first kappa shape index (κ1) is 12.0. The molecule has 1 heterocycles. The molecule has 82 valence electrons. The van der Waals surface area contributed by atoms with Gasteiger partial charge in [-0.15, -0.1) is 0 Å². The van der Waals surface area contributed by atoms with Gasteiger partial charge in [0.25, 0.3) is 0 Å². The molecule has 0 fully saturated rings. The average Bonchev–Trinajstić information content (AvgIpc) is 2.19. The van der Waals surface area contributed by atoms with Crippen LogP contribution in [0.2, 0.25) is 5.15 Å². The number of amides is 1. The van der Waals surface area contributed by atoms with E-state index in [4.69, 9.17) is 11.6 Å². The maximum atomic E-state index is 11.4. The van der Waals surface area contributed by atoms with E-state index in [0.717, 1.165) is 24.1 Å². The molecular formula is C11H15ClN2O. The lowest BCUT2D eigenvalue weighted by Crippen LogP contribution is -2.12. The summed E-state index contributed by atoms with van der Waals surface area (Å²) in [5.41, 5.74) is 1.67. The molecule has 0 aliphatic heterocycles. The zero-order valence-corrected chi connectivity index (χ0v) is 9.77. The highest BCUT2D eigenvalue weighted by atomic mass is 35.5. The number of halogens is 1. The number of hydrogen-bond donors (Lipinski definition) is 1. The lowest BCUT2D eigenvalue weighted by atomic mass is 10.2. The van der Waals surface area contributed by atoms with Crippen LogP contribution in [0.1, 0.15) is 31.7 Å². The molecule has 1 aromatic rings. The third-order valence-electron chi connectivity index (χ3n) is 2.11. The van der Waals surface area contributed by atoms with Gasteiger partial charge in [-0.1, -0.05) is 24.9 Å². The van der Waals surface area contributed by atoms with Crippen LogP contribution in [0.5, 0.6) is 0 Å².